The monoisotopic (exact) mass is 297 g/mol. The van der Waals surface area contributed by atoms with Gasteiger partial charge in [-0.25, -0.2) is 4.98 Å². The van der Waals surface area contributed by atoms with E-state index in [1.165, 1.54) is 0 Å². The van der Waals surface area contributed by atoms with Gasteiger partial charge in [0.2, 0.25) is 11.1 Å². The highest BCUT2D eigenvalue weighted by atomic mass is 35.5. The first kappa shape index (κ1) is 14.4. The molecular weight excluding hydrogens is 286 g/mol. The van der Waals surface area contributed by atoms with E-state index in [0.717, 1.165) is 6.20 Å². The molecular formula is C11H12ClN5O3. The van der Waals surface area contributed by atoms with E-state index in [4.69, 9.17) is 16.3 Å². The van der Waals surface area contributed by atoms with E-state index in [2.05, 4.69) is 21.4 Å². The van der Waals surface area contributed by atoms with Crippen LogP contribution in [0.2, 0.25) is 5.28 Å². The fourth-order valence-corrected chi connectivity index (χ4v) is 2.15. The molecule has 106 valence electrons. The molecule has 1 saturated heterocycles. The number of nitro groups is 1. The van der Waals surface area contributed by atoms with E-state index in [0.29, 0.717) is 32.5 Å². The fraction of sp³-hybridized carbons (Fsp3) is 0.545. The Morgan fingerprint density at radius 3 is 3.05 bits per heavy atom. The van der Waals surface area contributed by atoms with E-state index in [9.17, 15) is 15.4 Å². The van der Waals surface area contributed by atoms with Gasteiger partial charge in [-0.05, 0) is 24.4 Å². The second kappa shape index (κ2) is 5.98. The maximum atomic E-state index is 11.0. The number of rotatable bonds is 3. The van der Waals surface area contributed by atoms with Crippen LogP contribution in [0.4, 0.5) is 11.5 Å². The van der Waals surface area contributed by atoms with Crippen molar-refractivity contribution in [3.63, 3.8) is 0 Å². The maximum absolute atomic E-state index is 11.0. The van der Waals surface area contributed by atoms with Gasteiger partial charge in [-0.2, -0.15) is 10.2 Å². The van der Waals surface area contributed by atoms with Gasteiger partial charge in [0, 0.05) is 19.6 Å². The third-order valence-corrected chi connectivity index (χ3v) is 3.26. The average Bonchev–Trinajstić information content (AvgIpc) is 2.64. The molecule has 1 unspecified atom stereocenters. The summed E-state index contributed by atoms with van der Waals surface area (Å²) in [7, 11) is 0. The molecule has 0 bridgehead atoms. The smallest absolute Gasteiger partial charge is 0.329 e. The van der Waals surface area contributed by atoms with Crippen molar-refractivity contribution in [3.05, 3.63) is 21.6 Å². The first-order chi connectivity index (χ1) is 9.56. The lowest BCUT2D eigenvalue weighted by Gasteiger charge is -2.25. The summed E-state index contributed by atoms with van der Waals surface area (Å²) in [5.74, 6) is -0.0431. The second-order valence-electron chi connectivity index (χ2n) is 4.41. The number of hydrogen-bond donors (Lipinski definition) is 1. The maximum Gasteiger partial charge on any atom is 0.329 e. The molecule has 9 heteroatoms. The Morgan fingerprint density at radius 2 is 2.35 bits per heavy atom. The lowest BCUT2D eigenvalue weighted by Crippen LogP contribution is -2.37. The van der Waals surface area contributed by atoms with Crippen LogP contribution in [-0.2, 0) is 4.74 Å². The zero-order valence-corrected chi connectivity index (χ0v) is 11.3. The number of nitrogens with zero attached hydrogens (tertiary/aromatic N) is 4. The molecule has 2 heterocycles. The van der Waals surface area contributed by atoms with Gasteiger partial charge in [0.05, 0.1) is 11.0 Å². The lowest BCUT2D eigenvalue weighted by molar-refractivity contribution is -0.384. The first-order valence-electron chi connectivity index (χ1n) is 6.00. The van der Waals surface area contributed by atoms with Crippen LogP contribution in [0.15, 0.2) is 6.20 Å². The van der Waals surface area contributed by atoms with Crippen molar-refractivity contribution in [3.8, 4) is 6.07 Å². The van der Waals surface area contributed by atoms with Crippen LogP contribution < -0.4 is 5.32 Å². The fourth-order valence-electron chi connectivity index (χ4n) is 2.02. The van der Waals surface area contributed by atoms with Gasteiger partial charge >= 0.3 is 5.69 Å². The summed E-state index contributed by atoms with van der Waals surface area (Å²) < 4.78 is 5.31. The predicted octanol–water partition coefficient (Wildman–Crippen LogP) is 1.91. The molecule has 1 aliphatic rings. The number of nitrogens with one attached hydrogen (secondary N) is 1. The van der Waals surface area contributed by atoms with Crippen molar-refractivity contribution in [2.24, 2.45) is 0 Å². The summed E-state index contributed by atoms with van der Waals surface area (Å²) in [5, 5.41) is 23.1. The molecule has 0 saturated carbocycles. The molecule has 1 N–H and O–H groups in total. The summed E-state index contributed by atoms with van der Waals surface area (Å²) in [5.41, 5.74) is -1.26. The van der Waals surface area contributed by atoms with Crippen LogP contribution >= 0.6 is 11.6 Å². The van der Waals surface area contributed by atoms with Crippen molar-refractivity contribution in [2.75, 3.05) is 18.5 Å². The first-order valence-corrected chi connectivity index (χ1v) is 6.38. The van der Waals surface area contributed by atoms with Crippen molar-refractivity contribution >= 4 is 23.1 Å². The zero-order chi connectivity index (χ0) is 14.6. The van der Waals surface area contributed by atoms with E-state index in [1.807, 2.05) is 0 Å². The minimum Gasteiger partial charge on any atom is -0.381 e. The van der Waals surface area contributed by atoms with Crippen LogP contribution in [0.3, 0.4) is 0 Å². The molecule has 0 amide bonds. The Kier molecular flexibility index (Phi) is 4.32. The number of aromatic nitrogens is 2. The van der Waals surface area contributed by atoms with Crippen LogP contribution in [0.5, 0.6) is 0 Å². The van der Waals surface area contributed by atoms with Crippen molar-refractivity contribution in [1.82, 2.24) is 9.97 Å². The van der Waals surface area contributed by atoms with Gasteiger partial charge in [0.1, 0.15) is 11.7 Å². The molecule has 2 rings (SSSR count). The highest BCUT2D eigenvalue weighted by Crippen LogP contribution is 2.30. The molecule has 1 fully saturated rings. The van der Waals surface area contributed by atoms with Gasteiger partial charge in [0.15, 0.2) is 0 Å². The Bertz CT molecular complexity index is 551. The second-order valence-corrected chi connectivity index (χ2v) is 4.75. The molecule has 1 aromatic rings. The van der Waals surface area contributed by atoms with Gasteiger partial charge in [-0.3, -0.25) is 10.1 Å². The molecule has 0 radical (unpaired) electrons. The number of ether oxygens (including phenoxy) is 1. The Labute approximate surface area is 119 Å². The standard InChI is InChI=1S/C11H12ClN5O3/c12-10-14-6-8(17(18)19)9(15-10)16-11(7-13)2-1-4-20-5-3-11/h6H,1-5H2,(H,14,15,16). The van der Waals surface area contributed by atoms with Gasteiger partial charge in [-0.1, -0.05) is 0 Å². The van der Waals surface area contributed by atoms with Gasteiger partial charge < -0.3 is 10.1 Å². The minimum absolute atomic E-state index is 0.0431. The third-order valence-electron chi connectivity index (χ3n) is 3.07. The topological polar surface area (TPSA) is 114 Å². The molecule has 1 aromatic heterocycles. The van der Waals surface area contributed by atoms with Crippen molar-refractivity contribution in [2.45, 2.75) is 24.8 Å². The molecule has 0 spiro atoms. The predicted molar refractivity (Wildman–Crippen MR) is 70.3 cm³/mol. The zero-order valence-electron chi connectivity index (χ0n) is 10.5. The highest BCUT2D eigenvalue weighted by Gasteiger charge is 2.34. The number of hydrogen-bond acceptors (Lipinski definition) is 7. The average molecular weight is 298 g/mol. The normalized spacial score (nSPS) is 22.6. The van der Waals surface area contributed by atoms with Crippen LogP contribution in [0.25, 0.3) is 0 Å². The van der Waals surface area contributed by atoms with Crippen LogP contribution in [-0.4, -0.2) is 33.6 Å². The van der Waals surface area contributed by atoms with E-state index in [1.54, 1.807) is 0 Å². The van der Waals surface area contributed by atoms with Crippen LogP contribution in [0.1, 0.15) is 19.3 Å². The van der Waals surface area contributed by atoms with E-state index < -0.39 is 10.5 Å². The third kappa shape index (κ3) is 3.12. The SMILES string of the molecule is N#CC1(Nc2nc(Cl)ncc2[N+](=O)[O-])CCCOCC1. The summed E-state index contributed by atoms with van der Waals surface area (Å²) >= 11 is 5.67. The lowest BCUT2D eigenvalue weighted by atomic mass is 9.92. The van der Waals surface area contributed by atoms with Crippen LogP contribution in [0, 0.1) is 21.4 Å². The molecule has 20 heavy (non-hydrogen) atoms. The van der Waals surface area contributed by atoms with Gasteiger partial charge in [-0.15, -0.1) is 0 Å². The molecule has 1 aliphatic heterocycles. The number of halogens is 1. The molecule has 0 aliphatic carbocycles. The van der Waals surface area contributed by atoms with Crippen molar-refractivity contribution in [1.29, 1.82) is 5.26 Å². The summed E-state index contributed by atoms with van der Waals surface area (Å²) in [6.07, 6.45) is 2.65. The van der Waals surface area contributed by atoms with Gasteiger partial charge in [0.25, 0.3) is 0 Å². The molecule has 0 aromatic carbocycles. The van der Waals surface area contributed by atoms with E-state index in [-0.39, 0.29) is 16.8 Å². The van der Waals surface area contributed by atoms with E-state index >= 15 is 0 Å². The Balaban J connectivity index is 2.33. The summed E-state index contributed by atoms with van der Waals surface area (Å²) in [4.78, 5) is 17.8. The Hall–Kier alpha value is -1.98. The number of anilines is 1. The van der Waals surface area contributed by atoms with Crippen molar-refractivity contribution < 1.29 is 9.66 Å². The summed E-state index contributed by atoms with van der Waals surface area (Å²) in [6.45, 7) is 0.977. The largest absolute Gasteiger partial charge is 0.381 e. The Morgan fingerprint density at radius 1 is 1.55 bits per heavy atom. The number of nitriles is 1. The summed E-state index contributed by atoms with van der Waals surface area (Å²) in [6, 6.07) is 2.17. The molecule has 1 atom stereocenters. The minimum atomic E-state index is -0.945. The molecule has 8 nitrogen and oxygen atoms in total. The highest BCUT2D eigenvalue weighted by molar-refractivity contribution is 6.28. The quantitative estimate of drug-likeness (QED) is 0.515.